The number of carbonyl (C=O) groups excluding carboxylic acids is 2. The van der Waals surface area contributed by atoms with Gasteiger partial charge in [0, 0.05) is 33.4 Å². The zero-order valence-electron chi connectivity index (χ0n) is 14.4. The third-order valence-electron chi connectivity index (χ3n) is 4.04. The Kier molecular flexibility index (Phi) is 10.6. The summed E-state index contributed by atoms with van der Waals surface area (Å²) in [6.07, 6.45) is 5.67. The molecule has 0 aromatic heterocycles. The standard InChI is InChI=1S/C16H31N3O4/c1-22-10-8-17-15(20)12-19(14-6-4-3-5-7-14)13-16(21)18-9-11-23-2/h14H,3-13H2,1-2H3,(H,17,20)(H,18,21). The van der Waals surface area contributed by atoms with E-state index in [9.17, 15) is 9.59 Å². The van der Waals surface area contributed by atoms with Crippen LogP contribution >= 0.6 is 0 Å². The number of nitrogens with one attached hydrogen (secondary N) is 2. The lowest BCUT2D eigenvalue weighted by Crippen LogP contribution is -2.48. The van der Waals surface area contributed by atoms with E-state index in [0.717, 1.165) is 25.7 Å². The summed E-state index contributed by atoms with van der Waals surface area (Å²) in [5.74, 6) is -0.116. The molecule has 1 fully saturated rings. The lowest BCUT2D eigenvalue weighted by molar-refractivity contribution is -0.126. The van der Waals surface area contributed by atoms with Crippen molar-refractivity contribution < 1.29 is 19.1 Å². The number of methoxy groups -OCH3 is 2. The van der Waals surface area contributed by atoms with Crippen molar-refractivity contribution in [1.29, 1.82) is 0 Å². The molecule has 0 saturated heterocycles. The van der Waals surface area contributed by atoms with Gasteiger partial charge in [0.05, 0.1) is 26.3 Å². The van der Waals surface area contributed by atoms with Crippen molar-refractivity contribution in [2.75, 3.05) is 53.6 Å². The molecule has 0 bridgehead atoms. The van der Waals surface area contributed by atoms with Crippen molar-refractivity contribution in [1.82, 2.24) is 15.5 Å². The van der Waals surface area contributed by atoms with Crippen molar-refractivity contribution in [2.45, 2.75) is 38.1 Å². The summed E-state index contributed by atoms with van der Waals surface area (Å²) in [6, 6.07) is 0.310. The van der Waals surface area contributed by atoms with Gasteiger partial charge in [-0.15, -0.1) is 0 Å². The summed E-state index contributed by atoms with van der Waals surface area (Å²) < 4.78 is 9.86. The van der Waals surface area contributed by atoms with E-state index in [1.54, 1.807) is 14.2 Å². The van der Waals surface area contributed by atoms with Crippen molar-refractivity contribution in [3.8, 4) is 0 Å². The van der Waals surface area contributed by atoms with E-state index in [-0.39, 0.29) is 24.9 Å². The Hall–Kier alpha value is -1.18. The average molecular weight is 329 g/mol. The Bertz CT molecular complexity index is 322. The van der Waals surface area contributed by atoms with Gasteiger partial charge in [0.15, 0.2) is 0 Å². The van der Waals surface area contributed by atoms with Crippen LogP contribution in [0.1, 0.15) is 32.1 Å². The van der Waals surface area contributed by atoms with Crippen LogP contribution in [0.2, 0.25) is 0 Å². The molecule has 0 spiro atoms. The molecular weight excluding hydrogens is 298 g/mol. The van der Waals surface area contributed by atoms with Crippen LogP contribution in [-0.4, -0.2) is 76.4 Å². The molecule has 1 aliphatic carbocycles. The van der Waals surface area contributed by atoms with E-state index in [0.29, 0.717) is 32.3 Å². The number of carbonyl (C=O) groups is 2. The molecule has 1 aliphatic rings. The fraction of sp³-hybridized carbons (Fsp3) is 0.875. The number of ether oxygens (including phenoxy) is 2. The molecule has 23 heavy (non-hydrogen) atoms. The van der Waals surface area contributed by atoms with Crippen LogP contribution in [0.4, 0.5) is 0 Å². The smallest absolute Gasteiger partial charge is 0.234 e. The minimum Gasteiger partial charge on any atom is -0.383 e. The molecule has 0 aromatic carbocycles. The molecule has 0 radical (unpaired) electrons. The number of nitrogens with zero attached hydrogens (tertiary/aromatic N) is 1. The van der Waals surface area contributed by atoms with Gasteiger partial charge in [-0.25, -0.2) is 0 Å². The van der Waals surface area contributed by atoms with Crippen LogP contribution in [-0.2, 0) is 19.1 Å². The van der Waals surface area contributed by atoms with Gasteiger partial charge in [-0.2, -0.15) is 0 Å². The van der Waals surface area contributed by atoms with Crippen LogP contribution in [0.25, 0.3) is 0 Å². The highest BCUT2D eigenvalue weighted by molar-refractivity contribution is 5.81. The first-order valence-corrected chi connectivity index (χ1v) is 8.42. The molecule has 0 heterocycles. The monoisotopic (exact) mass is 329 g/mol. The van der Waals surface area contributed by atoms with E-state index in [1.807, 2.05) is 4.90 Å². The number of rotatable bonds is 11. The summed E-state index contributed by atoms with van der Waals surface area (Å²) in [5.41, 5.74) is 0. The van der Waals surface area contributed by atoms with Gasteiger partial charge < -0.3 is 20.1 Å². The zero-order valence-corrected chi connectivity index (χ0v) is 14.4. The first-order chi connectivity index (χ1) is 11.2. The molecule has 134 valence electrons. The summed E-state index contributed by atoms with van der Waals surface area (Å²) in [6.45, 7) is 2.49. The van der Waals surface area contributed by atoms with Gasteiger partial charge in [-0.3, -0.25) is 14.5 Å². The minimum atomic E-state index is -0.0580. The van der Waals surface area contributed by atoms with Crippen LogP contribution in [0.3, 0.4) is 0 Å². The summed E-state index contributed by atoms with van der Waals surface area (Å²) in [4.78, 5) is 26.1. The molecule has 2 amide bonds. The molecule has 0 atom stereocenters. The fourth-order valence-electron chi connectivity index (χ4n) is 2.83. The first-order valence-electron chi connectivity index (χ1n) is 8.42. The average Bonchev–Trinajstić information content (AvgIpc) is 2.55. The SMILES string of the molecule is COCCNC(=O)CN(CC(=O)NCCOC)C1CCCCC1. The van der Waals surface area contributed by atoms with Crippen LogP contribution in [0.5, 0.6) is 0 Å². The van der Waals surface area contributed by atoms with Crippen LogP contribution < -0.4 is 10.6 Å². The normalized spacial score (nSPS) is 15.6. The van der Waals surface area contributed by atoms with E-state index in [1.165, 1.54) is 6.42 Å². The molecule has 2 N–H and O–H groups in total. The van der Waals surface area contributed by atoms with Gasteiger partial charge in [-0.1, -0.05) is 19.3 Å². The molecule has 0 aliphatic heterocycles. The second-order valence-electron chi connectivity index (χ2n) is 5.88. The molecule has 0 unspecified atom stereocenters. The fourth-order valence-corrected chi connectivity index (χ4v) is 2.83. The Morgan fingerprint density at radius 1 is 0.913 bits per heavy atom. The van der Waals surface area contributed by atoms with Crippen molar-refractivity contribution in [3.05, 3.63) is 0 Å². The zero-order chi connectivity index (χ0) is 16.9. The van der Waals surface area contributed by atoms with E-state index >= 15 is 0 Å². The van der Waals surface area contributed by atoms with E-state index in [2.05, 4.69) is 10.6 Å². The maximum Gasteiger partial charge on any atom is 0.234 e. The highest BCUT2D eigenvalue weighted by Gasteiger charge is 2.24. The highest BCUT2D eigenvalue weighted by Crippen LogP contribution is 2.22. The summed E-state index contributed by atoms with van der Waals surface area (Å²) >= 11 is 0. The quantitative estimate of drug-likeness (QED) is 0.527. The van der Waals surface area contributed by atoms with Gasteiger partial charge in [0.1, 0.15) is 0 Å². The summed E-state index contributed by atoms with van der Waals surface area (Å²) in [7, 11) is 3.20. The maximum absolute atomic E-state index is 12.1. The molecule has 0 aromatic rings. The largest absolute Gasteiger partial charge is 0.383 e. The lowest BCUT2D eigenvalue weighted by Gasteiger charge is -2.33. The van der Waals surface area contributed by atoms with Crippen molar-refractivity contribution >= 4 is 11.8 Å². The lowest BCUT2D eigenvalue weighted by atomic mass is 9.94. The first kappa shape index (κ1) is 19.9. The molecule has 7 heteroatoms. The Morgan fingerprint density at radius 3 is 1.83 bits per heavy atom. The summed E-state index contributed by atoms with van der Waals surface area (Å²) in [5, 5.41) is 5.64. The maximum atomic E-state index is 12.1. The number of hydrogen-bond acceptors (Lipinski definition) is 5. The Morgan fingerprint density at radius 2 is 1.39 bits per heavy atom. The second kappa shape index (κ2) is 12.3. The topological polar surface area (TPSA) is 79.9 Å². The second-order valence-corrected chi connectivity index (χ2v) is 5.88. The van der Waals surface area contributed by atoms with Gasteiger partial charge in [-0.05, 0) is 12.8 Å². The molecule has 1 rings (SSSR count). The molecular formula is C16H31N3O4. The van der Waals surface area contributed by atoms with Gasteiger partial charge in [0.25, 0.3) is 0 Å². The highest BCUT2D eigenvalue weighted by atomic mass is 16.5. The number of hydrogen-bond donors (Lipinski definition) is 2. The van der Waals surface area contributed by atoms with Crippen LogP contribution in [0, 0.1) is 0 Å². The predicted molar refractivity (Wildman–Crippen MR) is 88.2 cm³/mol. The van der Waals surface area contributed by atoms with E-state index < -0.39 is 0 Å². The van der Waals surface area contributed by atoms with Crippen LogP contribution in [0.15, 0.2) is 0 Å². The third-order valence-corrected chi connectivity index (χ3v) is 4.04. The Labute approximate surface area is 139 Å². The van der Waals surface area contributed by atoms with Crippen molar-refractivity contribution in [2.24, 2.45) is 0 Å². The van der Waals surface area contributed by atoms with Gasteiger partial charge >= 0.3 is 0 Å². The Balaban J connectivity index is 2.47. The molecule has 7 nitrogen and oxygen atoms in total. The molecule has 1 saturated carbocycles. The predicted octanol–water partition coefficient (Wildman–Crippen LogP) is 0.146. The third kappa shape index (κ3) is 8.88. The number of amides is 2. The van der Waals surface area contributed by atoms with Gasteiger partial charge in [0.2, 0.25) is 11.8 Å². The van der Waals surface area contributed by atoms with Crippen molar-refractivity contribution in [3.63, 3.8) is 0 Å². The minimum absolute atomic E-state index is 0.0580. The van der Waals surface area contributed by atoms with E-state index in [4.69, 9.17) is 9.47 Å².